The molecule has 2 aromatic heterocycles. The van der Waals surface area contributed by atoms with Gasteiger partial charge in [-0.25, -0.2) is 4.79 Å². The number of halogens is 1. The third-order valence-electron chi connectivity index (χ3n) is 7.45. The number of aliphatic hydroxyl groups is 1. The van der Waals surface area contributed by atoms with Crippen molar-refractivity contribution in [1.82, 2.24) is 14.8 Å². The normalized spacial score (nSPS) is 11.2. The van der Waals surface area contributed by atoms with Crippen LogP contribution in [0.5, 0.6) is 11.5 Å². The fraction of sp³-hybridized carbons (Fsp3) is 0.294. The van der Waals surface area contributed by atoms with Crippen molar-refractivity contribution < 1.29 is 24.1 Å². The number of fused-ring (bicyclic) bond motifs is 1. The van der Waals surface area contributed by atoms with Crippen LogP contribution in [0.25, 0.3) is 22.0 Å². The molecule has 9 heteroatoms. The van der Waals surface area contributed by atoms with Gasteiger partial charge in [-0.15, -0.1) is 0 Å². The van der Waals surface area contributed by atoms with E-state index in [2.05, 4.69) is 10.1 Å². The van der Waals surface area contributed by atoms with Crippen LogP contribution in [0.15, 0.2) is 60.7 Å². The van der Waals surface area contributed by atoms with Crippen LogP contribution in [0.3, 0.4) is 0 Å². The number of esters is 1. The first-order valence-electron chi connectivity index (χ1n) is 14.4. The quantitative estimate of drug-likeness (QED) is 0.117. The molecule has 8 nitrogen and oxygen atoms in total. The van der Waals surface area contributed by atoms with Crippen LogP contribution in [0.2, 0.25) is 5.02 Å². The Balaban J connectivity index is 1.48. The largest absolute Gasteiger partial charge is 0.494 e. The molecule has 2 heterocycles. The number of hydrogen-bond donors (Lipinski definition) is 2. The molecular weight excluding hydrogens is 566 g/mol. The smallest absolute Gasteiger partial charge is 0.355 e. The number of carbonyl (C=O) groups excluding carboxylic acids is 1. The van der Waals surface area contributed by atoms with Gasteiger partial charge in [0.1, 0.15) is 29.5 Å². The number of ether oxygens (including phenoxy) is 3. The standard InChI is InChI=1S/C34H36ClN3O5/c1-5-41-34(40)33-26(15-10-16-42-24-17-21(2)31(35)22(3)18-24)25-13-9-14-27(32(25)36-33)30-28(37-38(4)29(30)19-39)20-43-23-11-7-6-8-12-23/h6-9,11-14,17-18,36,39H,5,10,15-16,19-20H2,1-4H3. The van der Waals surface area contributed by atoms with E-state index in [4.69, 9.17) is 25.8 Å². The van der Waals surface area contributed by atoms with Crippen LogP contribution in [0.4, 0.5) is 0 Å². The number of aromatic nitrogens is 3. The number of H-pyrrole nitrogens is 1. The van der Waals surface area contributed by atoms with Crippen LogP contribution in [0.1, 0.15) is 51.9 Å². The van der Waals surface area contributed by atoms with Gasteiger partial charge in [0.05, 0.1) is 31.0 Å². The van der Waals surface area contributed by atoms with Crippen molar-refractivity contribution in [3.63, 3.8) is 0 Å². The molecule has 43 heavy (non-hydrogen) atoms. The van der Waals surface area contributed by atoms with Crippen LogP contribution in [0, 0.1) is 13.8 Å². The van der Waals surface area contributed by atoms with Crippen LogP contribution >= 0.6 is 11.6 Å². The Morgan fingerprint density at radius 2 is 1.77 bits per heavy atom. The Kier molecular flexibility index (Phi) is 9.38. The molecule has 0 aliphatic carbocycles. The number of benzene rings is 3. The van der Waals surface area contributed by atoms with E-state index in [-0.39, 0.29) is 19.8 Å². The van der Waals surface area contributed by atoms with E-state index in [1.165, 1.54) is 0 Å². The Hall–Kier alpha value is -4.27. The maximum absolute atomic E-state index is 13.1. The van der Waals surface area contributed by atoms with E-state index in [1.54, 1.807) is 18.7 Å². The van der Waals surface area contributed by atoms with Gasteiger partial charge >= 0.3 is 5.97 Å². The number of rotatable bonds is 12. The second-order valence-electron chi connectivity index (χ2n) is 10.4. The highest BCUT2D eigenvalue weighted by molar-refractivity contribution is 6.32. The van der Waals surface area contributed by atoms with Crippen LogP contribution < -0.4 is 9.47 Å². The molecule has 0 amide bonds. The molecule has 2 N–H and O–H groups in total. The first-order chi connectivity index (χ1) is 20.8. The lowest BCUT2D eigenvalue weighted by Crippen LogP contribution is -2.09. The molecule has 0 unspecified atom stereocenters. The number of nitrogens with one attached hydrogen (secondary N) is 1. The summed E-state index contributed by atoms with van der Waals surface area (Å²) in [5, 5.41) is 16.7. The van der Waals surface area contributed by atoms with Crippen LogP contribution in [-0.2, 0) is 31.4 Å². The summed E-state index contributed by atoms with van der Waals surface area (Å²) in [6.07, 6.45) is 1.27. The predicted molar refractivity (Wildman–Crippen MR) is 168 cm³/mol. The lowest BCUT2D eigenvalue weighted by atomic mass is 9.98. The fourth-order valence-corrected chi connectivity index (χ4v) is 5.54. The van der Waals surface area contributed by atoms with Gasteiger partial charge in [0, 0.05) is 28.6 Å². The fourth-order valence-electron chi connectivity index (χ4n) is 5.43. The van der Waals surface area contributed by atoms with Crippen LogP contribution in [-0.4, -0.2) is 39.1 Å². The zero-order valence-corrected chi connectivity index (χ0v) is 25.6. The first-order valence-corrected chi connectivity index (χ1v) is 14.7. The third-order valence-corrected chi connectivity index (χ3v) is 8.04. The minimum atomic E-state index is -0.411. The van der Waals surface area contributed by atoms with Crippen molar-refractivity contribution in [2.24, 2.45) is 7.05 Å². The van der Waals surface area contributed by atoms with Gasteiger partial charge in [0.15, 0.2) is 0 Å². The minimum Gasteiger partial charge on any atom is -0.494 e. The summed E-state index contributed by atoms with van der Waals surface area (Å²) >= 11 is 6.31. The predicted octanol–water partition coefficient (Wildman–Crippen LogP) is 7.10. The summed E-state index contributed by atoms with van der Waals surface area (Å²) in [6, 6.07) is 19.3. The van der Waals surface area contributed by atoms with Gasteiger partial charge in [-0.2, -0.15) is 5.10 Å². The number of aliphatic hydroxyl groups excluding tert-OH is 1. The summed E-state index contributed by atoms with van der Waals surface area (Å²) in [6.45, 7) is 6.44. The second kappa shape index (κ2) is 13.4. The Labute approximate surface area is 256 Å². The van der Waals surface area contributed by atoms with Crippen molar-refractivity contribution in [3.8, 4) is 22.6 Å². The molecule has 0 aliphatic rings. The Morgan fingerprint density at radius 3 is 2.47 bits per heavy atom. The van der Waals surface area contributed by atoms with Crippen molar-refractivity contribution in [2.45, 2.75) is 46.8 Å². The molecule has 0 spiro atoms. The molecule has 0 fully saturated rings. The van der Waals surface area contributed by atoms with Gasteiger partial charge in [0.2, 0.25) is 0 Å². The molecule has 0 saturated heterocycles. The average molecular weight is 602 g/mol. The topological polar surface area (TPSA) is 98.6 Å². The zero-order valence-electron chi connectivity index (χ0n) is 24.9. The summed E-state index contributed by atoms with van der Waals surface area (Å²) in [4.78, 5) is 16.5. The van der Waals surface area contributed by atoms with Crippen molar-refractivity contribution in [3.05, 3.63) is 99.5 Å². The molecule has 0 radical (unpaired) electrons. The molecule has 0 bridgehead atoms. The van der Waals surface area contributed by atoms with E-state index >= 15 is 0 Å². The lowest BCUT2D eigenvalue weighted by Gasteiger charge is -2.11. The summed E-state index contributed by atoms with van der Waals surface area (Å²) in [5.74, 6) is 1.08. The number of carbonyl (C=O) groups is 1. The van der Waals surface area contributed by atoms with Gasteiger partial charge < -0.3 is 24.3 Å². The molecule has 5 aromatic rings. The van der Waals surface area contributed by atoms with E-state index < -0.39 is 5.97 Å². The molecule has 0 saturated carbocycles. The van der Waals surface area contributed by atoms with Crippen molar-refractivity contribution >= 4 is 28.5 Å². The highest BCUT2D eigenvalue weighted by Crippen LogP contribution is 2.37. The number of aryl methyl sites for hydroxylation is 4. The molecular formula is C34H36ClN3O5. The van der Waals surface area contributed by atoms with E-state index in [9.17, 15) is 9.90 Å². The summed E-state index contributed by atoms with van der Waals surface area (Å²) in [5.41, 5.74) is 6.90. The summed E-state index contributed by atoms with van der Waals surface area (Å²) in [7, 11) is 1.80. The van der Waals surface area contributed by atoms with Gasteiger partial charge in [0.25, 0.3) is 0 Å². The van der Waals surface area contributed by atoms with E-state index in [1.807, 2.05) is 74.5 Å². The number of nitrogens with zero attached hydrogens (tertiary/aromatic N) is 2. The monoisotopic (exact) mass is 601 g/mol. The molecule has 0 aliphatic heterocycles. The number of aromatic amines is 1. The minimum absolute atomic E-state index is 0.208. The first kappa shape index (κ1) is 30.2. The van der Waals surface area contributed by atoms with Crippen molar-refractivity contribution in [1.29, 1.82) is 0 Å². The molecule has 224 valence electrons. The highest BCUT2D eigenvalue weighted by atomic mass is 35.5. The Morgan fingerprint density at radius 1 is 1.02 bits per heavy atom. The van der Waals surface area contributed by atoms with Crippen molar-refractivity contribution in [2.75, 3.05) is 13.2 Å². The average Bonchev–Trinajstić information content (AvgIpc) is 3.54. The maximum atomic E-state index is 13.1. The van der Waals surface area contributed by atoms with E-state index in [0.717, 1.165) is 55.2 Å². The Bertz CT molecular complexity index is 1720. The molecule has 0 atom stereocenters. The van der Waals surface area contributed by atoms with Gasteiger partial charge in [-0.1, -0.05) is 48.0 Å². The highest BCUT2D eigenvalue weighted by Gasteiger charge is 2.24. The SMILES string of the molecule is CCOC(=O)c1[nH]c2c(-c3c(COc4ccccc4)nn(C)c3CO)cccc2c1CCCOc1cc(C)c(Cl)c(C)c1. The zero-order chi connectivity index (χ0) is 30.5. The third kappa shape index (κ3) is 6.40. The second-order valence-corrected chi connectivity index (χ2v) is 10.8. The van der Waals surface area contributed by atoms with Gasteiger partial charge in [-0.05, 0) is 74.6 Å². The van der Waals surface area contributed by atoms with E-state index in [0.29, 0.717) is 36.5 Å². The number of para-hydroxylation sites is 2. The summed E-state index contributed by atoms with van der Waals surface area (Å²) < 4.78 is 19.2. The lowest BCUT2D eigenvalue weighted by molar-refractivity contribution is 0.0519. The molecule has 3 aromatic carbocycles. The molecule has 5 rings (SSSR count). The number of hydrogen-bond acceptors (Lipinski definition) is 6. The maximum Gasteiger partial charge on any atom is 0.355 e. The van der Waals surface area contributed by atoms with Gasteiger partial charge in [-0.3, -0.25) is 4.68 Å².